The van der Waals surface area contributed by atoms with Gasteiger partial charge in [0.1, 0.15) is 16.8 Å². The summed E-state index contributed by atoms with van der Waals surface area (Å²) in [6.45, 7) is 0.421. The van der Waals surface area contributed by atoms with Crippen molar-refractivity contribution >= 4 is 28.2 Å². The molecule has 160 valence electrons. The van der Waals surface area contributed by atoms with Crippen LogP contribution in [0, 0.1) is 5.82 Å². The number of rotatable bonds is 5. The molecule has 0 aliphatic carbocycles. The highest BCUT2D eigenvalue weighted by molar-refractivity contribution is 5.99. The van der Waals surface area contributed by atoms with Crippen molar-refractivity contribution in [3.63, 3.8) is 0 Å². The molecular formula is C24H18FN3O4. The number of nitrogens with two attached hydrogens (primary N) is 1. The number of fused-ring (bicyclic) bond motifs is 2. The maximum absolute atomic E-state index is 15.2. The fourth-order valence-corrected chi connectivity index (χ4v) is 3.93. The number of anilines is 2. The molecule has 0 spiro atoms. The number of nitrogens with one attached hydrogen (secondary N) is 1. The maximum atomic E-state index is 15.2. The minimum absolute atomic E-state index is 0.0755. The van der Waals surface area contributed by atoms with Gasteiger partial charge >= 0.3 is 5.97 Å². The van der Waals surface area contributed by atoms with E-state index in [1.54, 1.807) is 18.2 Å². The number of hydrogen-bond donors (Lipinski definition) is 3. The summed E-state index contributed by atoms with van der Waals surface area (Å²) in [5.41, 5.74) is 7.05. The van der Waals surface area contributed by atoms with Crippen LogP contribution in [0.1, 0.15) is 15.9 Å². The first-order valence-electron chi connectivity index (χ1n) is 9.95. The van der Waals surface area contributed by atoms with Crippen LogP contribution in [0.4, 0.5) is 15.8 Å². The topological polar surface area (TPSA) is 107 Å². The van der Waals surface area contributed by atoms with E-state index in [-0.39, 0.29) is 16.8 Å². The Labute approximate surface area is 181 Å². The van der Waals surface area contributed by atoms with E-state index in [0.29, 0.717) is 35.6 Å². The first kappa shape index (κ1) is 19.6. The second-order valence-corrected chi connectivity index (χ2v) is 7.50. The molecule has 32 heavy (non-hydrogen) atoms. The fourth-order valence-electron chi connectivity index (χ4n) is 3.93. The second kappa shape index (κ2) is 7.42. The van der Waals surface area contributed by atoms with Crippen molar-refractivity contribution in [3.05, 3.63) is 88.0 Å². The maximum Gasteiger partial charge on any atom is 0.341 e. The highest BCUT2D eigenvalue weighted by Crippen LogP contribution is 2.45. The third kappa shape index (κ3) is 3.13. The molecule has 0 radical (unpaired) electrons. The third-order valence-corrected chi connectivity index (χ3v) is 5.44. The molecule has 0 fully saturated rings. The number of aromatic nitrogens is 1. The molecule has 0 atom stereocenters. The Hall–Kier alpha value is -4.33. The lowest BCUT2D eigenvalue weighted by atomic mass is 10.1. The van der Waals surface area contributed by atoms with E-state index < -0.39 is 22.8 Å². The molecule has 3 aromatic carbocycles. The number of carbonyl (C=O) groups is 1. The van der Waals surface area contributed by atoms with Gasteiger partial charge in [-0.2, -0.15) is 0 Å². The number of hydrogen-bond acceptors (Lipinski definition) is 5. The van der Waals surface area contributed by atoms with Crippen LogP contribution >= 0.6 is 0 Å². The first-order valence-corrected chi connectivity index (χ1v) is 9.95. The second-order valence-electron chi connectivity index (χ2n) is 7.50. The predicted molar refractivity (Wildman–Crippen MR) is 120 cm³/mol. The van der Waals surface area contributed by atoms with Crippen molar-refractivity contribution in [2.45, 2.75) is 6.42 Å². The molecule has 7 nitrogen and oxygen atoms in total. The number of carboxylic acids is 1. The number of pyridine rings is 1. The summed E-state index contributed by atoms with van der Waals surface area (Å²) >= 11 is 0. The summed E-state index contributed by atoms with van der Waals surface area (Å²) in [7, 11) is 0. The highest BCUT2D eigenvalue weighted by Gasteiger charge is 2.28. The smallest absolute Gasteiger partial charge is 0.341 e. The predicted octanol–water partition coefficient (Wildman–Crippen LogP) is 4.17. The number of aromatic carboxylic acids is 1. The Bertz CT molecular complexity index is 1450. The van der Waals surface area contributed by atoms with Gasteiger partial charge in [-0.05, 0) is 30.2 Å². The van der Waals surface area contributed by atoms with Gasteiger partial charge in [0.25, 0.3) is 0 Å². The summed E-state index contributed by atoms with van der Waals surface area (Å²) < 4.78 is 22.7. The Kier molecular flexibility index (Phi) is 4.55. The van der Waals surface area contributed by atoms with Gasteiger partial charge in [-0.15, -0.1) is 0 Å². The molecule has 1 aromatic heterocycles. The summed E-state index contributed by atoms with van der Waals surface area (Å²) in [6.07, 6.45) is 1.88. The van der Waals surface area contributed by atoms with Crippen LogP contribution < -0.4 is 21.2 Å². The van der Waals surface area contributed by atoms with Crippen molar-refractivity contribution in [2.24, 2.45) is 0 Å². The summed E-state index contributed by atoms with van der Waals surface area (Å²) in [5, 5.41) is 12.5. The van der Waals surface area contributed by atoms with Crippen LogP contribution in [0.15, 0.2) is 65.6 Å². The highest BCUT2D eigenvalue weighted by atomic mass is 19.1. The average molecular weight is 431 g/mol. The monoisotopic (exact) mass is 431 g/mol. The minimum Gasteiger partial charge on any atom is -0.477 e. The van der Waals surface area contributed by atoms with E-state index in [9.17, 15) is 14.7 Å². The van der Waals surface area contributed by atoms with Gasteiger partial charge in [-0.25, -0.2) is 9.18 Å². The number of ether oxygens (including phenoxy) is 1. The number of nitrogen functional groups attached to an aromatic ring is 1. The van der Waals surface area contributed by atoms with Crippen molar-refractivity contribution in [1.82, 2.24) is 4.57 Å². The Morgan fingerprint density at radius 3 is 2.69 bits per heavy atom. The molecule has 4 N–H and O–H groups in total. The molecule has 5 rings (SSSR count). The van der Waals surface area contributed by atoms with Crippen molar-refractivity contribution in [3.8, 4) is 17.2 Å². The SMILES string of the molecule is Nc1ccc2c(c1)Oc1c(NCCc3ccccc3)c(F)cc3c(=O)c(C(=O)O)cn-2c13. The van der Waals surface area contributed by atoms with Crippen LogP contribution in [0.3, 0.4) is 0 Å². The zero-order valence-electron chi connectivity index (χ0n) is 16.8. The molecule has 0 unspecified atom stereocenters. The average Bonchev–Trinajstić information content (AvgIpc) is 2.77. The van der Waals surface area contributed by atoms with E-state index in [1.165, 1.54) is 10.8 Å². The normalized spacial score (nSPS) is 11.7. The molecule has 0 saturated carbocycles. The first-order chi connectivity index (χ1) is 15.4. The zero-order valence-corrected chi connectivity index (χ0v) is 16.8. The number of benzene rings is 3. The number of nitrogens with zero attached hydrogens (tertiary/aromatic N) is 1. The van der Waals surface area contributed by atoms with Crippen molar-refractivity contribution in [1.29, 1.82) is 0 Å². The van der Waals surface area contributed by atoms with Gasteiger partial charge in [0.2, 0.25) is 5.43 Å². The van der Waals surface area contributed by atoms with Gasteiger partial charge < -0.3 is 25.5 Å². The third-order valence-electron chi connectivity index (χ3n) is 5.44. The van der Waals surface area contributed by atoms with Crippen molar-refractivity contribution in [2.75, 3.05) is 17.6 Å². The molecule has 0 bridgehead atoms. The standard InChI is InChI=1S/C24H18FN3O4/c25-17-11-15-21-23(20(17)27-9-8-13-4-2-1-3-5-13)32-19-10-14(26)6-7-18(19)28(21)12-16(22(15)29)24(30)31/h1-7,10-12,27H,8-9,26H2,(H,30,31). The Balaban J connectivity index is 1.69. The Morgan fingerprint density at radius 1 is 1.16 bits per heavy atom. The van der Waals surface area contributed by atoms with Gasteiger partial charge in [0.05, 0.1) is 11.1 Å². The molecular weight excluding hydrogens is 413 g/mol. The lowest BCUT2D eigenvalue weighted by Gasteiger charge is -2.26. The molecule has 8 heteroatoms. The number of halogens is 1. The molecule has 0 saturated heterocycles. The van der Waals surface area contributed by atoms with Crippen LogP contribution in [-0.4, -0.2) is 22.2 Å². The van der Waals surface area contributed by atoms with Crippen LogP contribution in [0.5, 0.6) is 11.5 Å². The zero-order chi connectivity index (χ0) is 22.4. The Morgan fingerprint density at radius 2 is 1.94 bits per heavy atom. The molecule has 1 aliphatic heterocycles. The quantitative estimate of drug-likeness (QED) is 0.361. The number of carboxylic acid groups (broad SMARTS) is 1. The summed E-state index contributed by atoms with van der Waals surface area (Å²) in [4.78, 5) is 24.4. The van der Waals surface area contributed by atoms with E-state index in [0.717, 1.165) is 11.6 Å². The molecule has 0 amide bonds. The van der Waals surface area contributed by atoms with E-state index in [2.05, 4.69) is 5.32 Å². The van der Waals surface area contributed by atoms with E-state index >= 15 is 4.39 Å². The van der Waals surface area contributed by atoms with E-state index in [1.807, 2.05) is 30.3 Å². The van der Waals surface area contributed by atoms with Gasteiger partial charge in [-0.3, -0.25) is 4.79 Å². The molecule has 1 aliphatic rings. The van der Waals surface area contributed by atoms with Crippen LogP contribution in [0.2, 0.25) is 0 Å². The summed E-state index contributed by atoms with van der Waals surface area (Å²) in [5.74, 6) is -1.66. The van der Waals surface area contributed by atoms with E-state index in [4.69, 9.17) is 10.5 Å². The van der Waals surface area contributed by atoms with Crippen molar-refractivity contribution < 1.29 is 19.0 Å². The largest absolute Gasteiger partial charge is 0.477 e. The summed E-state index contributed by atoms with van der Waals surface area (Å²) in [6, 6.07) is 15.7. The van der Waals surface area contributed by atoms with Crippen LogP contribution in [0.25, 0.3) is 16.6 Å². The molecule has 2 heterocycles. The van der Waals surface area contributed by atoms with Gasteiger partial charge in [0, 0.05) is 24.5 Å². The van der Waals surface area contributed by atoms with Crippen LogP contribution in [-0.2, 0) is 6.42 Å². The lowest BCUT2D eigenvalue weighted by Crippen LogP contribution is -2.21. The fraction of sp³-hybridized carbons (Fsp3) is 0.0833. The van der Waals surface area contributed by atoms with Gasteiger partial charge in [0.15, 0.2) is 17.3 Å². The van der Waals surface area contributed by atoms with Gasteiger partial charge in [-0.1, -0.05) is 30.3 Å². The molecule has 4 aromatic rings. The lowest BCUT2D eigenvalue weighted by molar-refractivity contribution is 0.0695. The minimum atomic E-state index is -1.39.